The number of amidine groups is 2. The summed E-state index contributed by atoms with van der Waals surface area (Å²) in [5, 5.41) is 16.2. The van der Waals surface area contributed by atoms with Crippen molar-refractivity contribution in [1.82, 2.24) is 5.01 Å². The third-order valence-electron chi connectivity index (χ3n) is 5.88. The van der Waals surface area contributed by atoms with Crippen LogP contribution >= 0.6 is 35.0 Å². The van der Waals surface area contributed by atoms with Crippen molar-refractivity contribution in [1.29, 1.82) is 5.41 Å². The van der Waals surface area contributed by atoms with Crippen molar-refractivity contribution in [2.75, 3.05) is 19.8 Å². The average molecular weight is 596 g/mol. The first-order valence-corrected chi connectivity index (χ1v) is 14.0. The van der Waals surface area contributed by atoms with E-state index in [9.17, 15) is 4.79 Å². The Labute approximate surface area is 245 Å². The lowest BCUT2D eigenvalue weighted by atomic mass is 10.1. The minimum Gasteiger partial charge on any atom is -0.490 e. The number of nitrogens with one attached hydrogen (secondary N) is 1. The van der Waals surface area contributed by atoms with Gasteiger partial charge < -0.3 is 14.2 Å². The third-order valence-corrected chi connectivity index (χ3v) is 7.43. The van der Waals surface area contributed by atoms with Gasteiger partial charge in [0.2, 0.25) is 5.17 Å². The number of nitrogens with zero attached hydrogens (tertiary/aromatic N) is 3. The van der Waals surface area contributed by atoms with Crippen molar-refractivity contribution in [2.45, 2.75) is 13.8 Å². The van der Waals surface area contributed by atoms with Crippen molar-refractivity contribution in [3.63, 3.8) is 0 Å². The maximum atomic E-state index is 12.9. The minimum atomic E-state index is -0.554. The highest BCUT2D eigenvalue weighted by molar-refractivity contribution is 8.27. The maximum absolute atomic E-state index is 12.9. The van der Waals surface area contributed by atoms with Crippen LogP contribution in [0.25, 0.3) is 6.08 Å². The Morgan fingerprint density at radius 3 is 2.50 bits per heavy atom. The topological polar surface area (TPSA) is 96.6 Å². The van der Waals surface area contributed by atoms with Crippen molar-refractivity contribution in [2.24, 2.45) is 10.1 Å². The quantitative estimate of drug-likeness (QED) is 0.215. The number of fused-ring (bicyclic) bond motifs is 1. The van der Waals surface area contributed by atoms with Gasteiger partial charge in [0.15, 0.2) is 17.3 Å². The average Bonchev–Trinajstić information content (AvgIpc) is 3.35. The van der Waals surface area contributed by atoms with Crippen LogP contribution in [-0.4, -0.2) is 46.8 Å². The van der Waals surface area contributed by atoms with E-state index in [-0.39, 0.29) is 18.0 Å². The van der Waals surface area contributed by atoms with Crippen molar-refractivity contribution < 1.29 is 19.0 Å². The van der Waals surface area contributed by atoms with Gasteiger partial charge in [0.1, 0.15) is 24.0 Å². The van der Waals surface area contributed by atoms with E-state index in [0.29, 0.717) is 56.1 Å². The molecule has 11 heteroatoms. The number of thioether (sulfide) groups is 1. The van der Waals surface area contributed by atoms with Crippen molar-refractivity contribution >= 4 is 63.0 Å². The fourth-order valence-electron chi connectivity index (χ4n) is 3.99. The molecule has 0 radical (unpaired) electrons. The zero-order valence-electron chi connectivity index (χ0n) is 21.6. The molecule has 2 heterocycles. The molecule has 0 unspecified atom stereocenters. The van der Waals surface area contributed by atoms with Crippen molar-refractivity contribution in [3.05, 3.63) is 93.0 Å². The molecule has 40 heavy (non-hydrogen) atoms. The molecule has 0 saturated carbocycles. The second kappa shape index (κ2) is 12.2. The summed E-state index contributed by atoms with van der Waals surface area (Å²) in [5.41, 5.74) is 2.34. The fourth-order valence-corrected chi connectivity index (χ4v) is 5.48. The van der Waals surface area contributed by atoms with Gasteiger partial charge in [-0.1, -0.05) is 59.6 Å². The van der Waals surface area contributed by atoms with Gasteiger partial charge in [-0.2, -0.15) is 15.1 Å². The first-order valence-electron chi connectivity index (χ1n) is 12.4. The van der Waals surface area contributed by atoms with Crippen LogP contribution in [0.5, 0.6) is 17.2 Å². The molecule has 0 bridgehead atoms. The number of rotatable bonds is 9. The molecule has 3 aromatic rings. The molecule has 2 aliphatic rings. The number of benzene rings is 3. The van der Waals surface area contributed by atoms with Crippen LogP contribution in [0.4, 0.5) is 0 Å². The van der Waals surface area contributed by atoms with Gasteiger partial charge in [-0.3, -0.25) is 10.2 Å². The summed E-state index contributed by atoms with van der Waals surface area (Å²) < 4.78 is 17.5. The molecule has 1 N–H and O–H groups in total. The lowest BCUT2D eigenvalue weighted by Crippen LogP contribution is -2.35. The summed E-state index contributed by atoms with van der Waals surface area (Å²) in [5.74, 6) is 0.908. The number of aliphatic imine (C=N–C) groups is 1. The number of carbonyl (C=O) groups excluding carboxylic acids is 1. The molecule has 0 aliphatic carbocycles. The minimum absolute atomic E-state index is 0.0623. The molecule has 8 nitrogen and oxygen atoms in total. The zero-order chi connectivity index (χ0) is 28.2. The van der Waals surface area contributed by atoms with E-state index in [0.717, 1.165) is 11.3 Å². The number of carbonyl (C=O) groups is 1. The molecule has 0 fully saturated rings. The Morgan fingerprint density at radius 1 is 0.975 bits per heavy atom. The number of hydrazone groups is 1. The standard InChI is InChI=1S/C29H24Cl2N4O4S/c1-3-37-24-16-18(15-22(31)25(24)39-13-12-38-23-11-7-4-8-17(23)2)14-20-26(32)35-29(33-27(20)36)40-28(34-35)19-9-5-6-10-21(19)30/h4-11,14-16,32H,3,12-13H2,1-2H3/b20-14-,32-26?. The van der Waals surface area contributed by atoms with Crippen LogP contribution in [0.15, 0.2) is 76.3 Å². The van der Waals surface area contributed by atoms with Crippen molar-refractivity contribution in [3.8, 4) is 17.2 Å². The van der Waals surface area contributed by atoms with Gasteiger partial charge >= 0.3 is 0 Å². The SMILES string of the molecule is CCOc1cc(/C=C2/C(=N)N3N=C(c4ccccc4Cl)SC3=NC2=O)cc(Cl)c1OCCOc1ccccc1C. The molecule has 5 rings (SSSR count). The van der Waals surface area contributed by atoms with Gasteiger partial charge in [-0.05, 0) is 67.1 Å². The van der Waals surface area contributed by atoms with Crippen LogP contribution < -0.4 is 14.2 Å². The Morgan fingerprint density at radius 2 is 1.73 bits per heavy atom. The van der Waals surface area contributed by atoms with Gasteiger partial charge in [-0.15, -0.1) is 0 Å². The summed E-state index contributed by atoms with van der Waals surface area (Å²) in [7, 11) is 0. The van der Waals surface area contributed by atoms with E-state index in [1.807, 2.05) is 56.3 Å². The number of ether oxygens (including phenoxy) is 3. The first-order chi connectivity index (χ1) is 19.4. The predicted octanol–water partition coefficient (Wildman–Crippen LogP) is 6.83. The number of hydrogen-bond acceptors (Lipinski definition) is 7. The predicted molar refractivity (Wildman–Crippen MR) is 160 cm³/mol. The highest BCUT2D eigenvalue weighted by Crippen LogP contribution is 2.38. The number of aryl methyl sites for hydroxylation is 1. The zero-order valence-corrected chi connectivity index (χ0v) is 23.9. The van der Waals surface area contributed by atoms with Gasteiger partial charge in [0, 0.05) is 5.56 Å². The molecule has 0 saturated heterocycles. The number of hydrogen-bond donors (Lipinski definition) is 1. The van der Waals surface area contributed by atoms with Gasteiger partial charge in [0.25, 0.3) is 5.91 Å². The van der Waals surface area contributed by atoms with E-state index in [1.54, 1.807) is 18.2 Å². The number of amides is 1. The van der Waals surface area contributed by atoms with Crippen LogP contribution in [0.2, 0.25) is 10.0 Å². The highest BCUT2D eigenvalue weighted by Gasteiger charge is 2.36. The maximum Gasteiger partial charge on any atom is 0.283 e. The fraction of sp³-hybridized carbons (Fsp3) is 0.172. The van der Waals surface area contributed by atoms with E-state index in [1.165, 1.54) is 22.8 Å². The molecule has 0 aromatic heterocycles. The summed E-state index contributed by atoms with van der Waals surface area (Å²) in [6, 6.07) is 18.3. The van der Waals surface area contributed by atoms with Crippen LogP contribution in [0.1, 0.15) is 23.6 Å². The van der Waals surface area contributed by atoms with E-state index in [4.69, 9.17) is 42.8 Å². The first kappa shape index (κ1) is 27.8. The Hall–Kier alpha value is -3.79. The molecule has 0 spiro atoms. The largest absolute Gasteiger partial charge is 0.490 e. The molecule has 2 aliphatic heterocycles. The smallest absolute Gasteiger partial charge is 0.283 e. The Bertz CT molecular complexity index is 1590. The molecular formula is C29H24Cl2N4O4S. The molecule has 0 atom stereocenters. The Kier molecular flexibility index (Phi) is 8.44. The normalized spacial score (nSPS) is 15.6. The van der Waals surface area contributed by atoms with Gasteiger partial charge in [-0.25, -0.2) is 0 Å². The lowest BCUT2D eigenvalue weighted by molar-refractivity contribution is -0.114. The molecule has 204 valence electrons. The molecule has 3 aromatic carbocycles. The number of para-hydroxylation sites is 1. The summed E-state index contributed by atoms with van der Waals surface area (Å²) in [6.45, 7) is 4.76. The molecular weight excluding hydrogens is 571 g/mol. The lowest BCUT2D eigenvalue weighted by Gasteiger charge is -2.20. The summed E-state index contributed by atoms with van der Waals surface area (Å²) in [6.07, 6.45) is 1.54. The monoisotopic (exact) mass is 594 g/mol. The second-order valence-corrected chi connectivity index (χ2v) is 10.4. The summed E-state index contributed by atoms with van der Waals surface area (Å²) in [4.78, 5) is 17.1. The van der Waals surface area contributed by atoms with Crippen LogP contribution in [0.3, 0.4) is 0 Å². The Balaban J connectivity index is 1.35. The van der Waals surface area contributed by atoms with Crippen LogP contribution in [-0.2, 0) is 4.79 Å². The van der Waals surface area contributed by atoms with E-state index >= 15 is 0 Å². The van der Waals surface area contributed by atoms with E-state index in [2.05, 4.69) is 10.1 Å². The highest BCUT2D eigenvalue weighted by atomic mass is 35.5. The van der Waals surface area contributed by atoms with E-state index < -0.39 is 5.91 Å². The third kappa shape index (κ3) is 5.86. The van der Waals surface area contributed by atoms with Crippen LogP contribution in [0, 0.1) is 12.3 Å². The molecule has 1 amide bonds. The summed E-state index contributed by atoms with van der Waals surface area (Å²) >= 11 is 14.1. The number of halogens is 2. The van der Waals surface area contributed by atoms with Gasteiger partial charge in [0.05, 0.1) is 22.2 Å². The second-order valence-electron chi connectivity index (χ2n) is 8.63.